The largest absolute Gasteiger partial charge is 0.481 e. The summed E-state index contributed by atoms with van der Waals surface area (Å²) in [4.78, 5) is 25.3. The number of carboxylic acid groups (broad SMARTS) is 1. The van der Waals surface area contributed by atoms with Gasteiger partial charge in [-0.05, 0) is 25.8 Å². The normalized spacial score (nSPS) is 18.4. The molecule has 0 aliphatic carbocycles. The Morgan fingerprint density at radius 2 is 2.13 bits per heavy atom. The summed E-state index contributed by atoms with van der Waals surface area (Å²) in [5.41, 5.74) is 1.33. The predicted molar refractivity (Wildman–Crippen MR) is 84.5 cm³/mol. The maximum Gasteiger partial charge on any atom is 0.305 e. The summed E-state index contributed by atoms with van der Waals surface area (Å²) in [7, 11) is 0. The van der Waals surface area contributed by atoms with Crippen LogP contribution in [0.15, 0.2) is 6.07 Å². The van der Waals surface area contributed by atoms with Crippen molar-refractivity contribution in [1.82, 2.24) is 14.7 Å². The number of carboxylic acids is 1. The van der Waals surface area contributed by atoms with Crippen LogP contribution >= 0.6 is 0 Å². The van der Waals surface area contributed by atoms with Crippen LogP contribution in [0.25, 0.3) is 0 Å². The minimum Gasteiger partial charge on any atom is -0.481 e. The fourth-order valence-corrected chi connectivity index (χ4v) is 3.04. The average molecular weight is 323 g/mol. The number of carbonyl (C=O) groups is 2. The lowest BCUT2D eigenvalue weighted by atomic mass is 10.1. The Morgan fingerprint density at radius 3 is 2.74 bits per heavy atom. The van der Waals surface area contributed by atoms with E-state index in [1.807, 2.05) is 11.6 Å². The molecule has 0 spiro atoms. The van der Waals surface area contributed by atoms with Crippen LogP contribution < -0.4 is 0 Å². The zero-order valence-corrected chi connectivity index (χ0v) is 14.0. The highest BCUT2D eigenvalue weighted by atomic mass is 16.5. The predicted octanol–water partition coefficient (Wildman–Crippen LogP) is 1.87. The zero-order valence-electron chi connectivity index (χ0n) is 14.0. The molecule has 2 rings (SSSR count). The maximum absolute atomic E-state index is 12.8. The average Bonchev–Trinajstić information content (AvgIpc) is 2.90. The van der Waals surface area contributed by atoms with E-state index in [0.717, 1.165) is 18.5 Å². The molecule has 0 saturated carbocycles. The first-order chi connectivity index (χ1) is 11.0. The lowest BCUT2D eigenvalue weighted by molar-refractivity contribution is -0.139. The van der Waals surface area contributed by atoms with Gasteiger partial charge in [0.2, 0.25) is 0 Å². The van der Waals surface area contributed by atoms with Gasteiger partial charge in [-0.2, -0.15) is 5.10 Å². The Labute approximate surface area is 136 Å². The van der Waals surface area contributed by atoms with Gasteiger partial charge in [0.1, 0.15) is 0 Å². The van der Waals surface area contributed by atoms with E-state index in [-0.39, 0.29) is 25.0 Å². The molecular weight excluding hydrogens is 298 g/mol. The van der Waals surface area contributed by atoms with Crippen molar-refractivity contribution in [3.63, 3.8) is 0 Å². The third kappa shape index (κ3) is 3.90. The molecule has 1 N–H and O–H groups in total. The molecule has 7 heteroatoms. The number of rotatable bonds is 6. The number of hydrogen-bond acceptors (Lipinski definition) is 4. The quantitative estimate of drug-likeness (QED) is 0.864. The van der Waals surface area contributed by atoms with Crippen molar-refractivity contribution in [2.45, 2.75) is 52.1 Å². The van der Waals surface area contributed by atoms with Gasteiger partial charge >= 0.3 is 5.97 Å². The summed E-state index contributed by atoms with van der Waals surface area (Å²) < 4.78 is 7.22. The zero-order chi connectivity index (χ0) is 17.0. The number of aryl methyl sites for hydroxylation is 1. The van der Waals surface area contributed by atoms with Gasteiger partial charge in [0.15, 0.2) is 5.69 Å². The lowest BCUT2D eigenvalue weighted by Crippen LogP contribution is -2.49. The summed E-state index contributed by atoms with van der Waals surface area (Å²) in [6.07, 6.45) is 1.79. The van der Waals surface area contributed by atoms with E-state index >= 15 is 0 Å². The molecule has 1 atom stereocenters. The highest BCUT2D eigenvalue weighted by Gasteiger charge is 2.31. The van der Waals surface area contributed by atoms with Gasteiger partial charge < -0.3 is 14.7 Å². The monoisotopic (exact) mass is 323 g/mol. The van der Waals surface area contributed by atoms with Crippen LogP contribution in [-0.2, 0) is 9.53 Å². The number of ether oxygens (including phenoxy) is 1. The van der Waals surface area contributed by atoms with E-state index in [1.165, 1.54) is 0 Å². The number of amides is 1. The summed E-state index contributed by atoms with van der Waals surface area (Å²) >= 11 is 0. The van der Waals surface area contributed by atoms with Crippen molar-refractivity contribution in [1.29, 1.82) is 0 Å². The van der Waals surface area contributed by atoms with Crippen LogP contribution in [0.3, 0.4) is 0 Å². The van der Waals surface area contributed by atoms with Crippen LogP contribution in [0.5, 0.6) is 0 Å². The van der Waals surface area contributed by atoms with Gasteiger partial charge in [-0.15, -0.1) is 0 Å². The highest BCUT2D eigenvalue weighted by Crippen LogP contribution is 2.20. The summed E-state index contributed by atoms with van der Waals surface area (Å²) in [5, 5.41) is 13.5. The number of carbonyl (C=O) groups excluding carboxylic acids is 1. The Kier molecular flexibility index (Phi) is 5.76. The molecule has 0 radical (unpaired) electrons. The minimum atomic E-state index is -0.933. The maximum atomic E-state index is 12.8. The number of aliphatic carboxylic acids is 1. The molecule has 1 aliphatic heterocycles. The number of nitrogens with zero attached hydrogens (tertiary/aromatic N) is 3. The van der Waals surface area contributed by atoms with Crippen molar-refractivity contribution in [2.24, 2.45) is 0 Å². The molecule has 1 fully saturated rings. The second-order valence-electron chi connectivity index (χ2n) is 5.91. The SMILES string of the molecule is CCC(CC)n1nc(C(=O)N2CCOCC2CC(=O)O)cc1C. The molecule has 1 saturated heterocycles. The smallest absolute Gasteiger partial charge is 0.305 e. The molecule has 1 unspecified atom stereocenters. The van der Waals surface area contributed by atoms with Gasteiger partial charge in [0, 0.05) is 12.2 Å². The fourth-order valence-electron chi connectivity index (χ4n) is 3.04. The number of hydrogen-bond donors (Lipinski definition) is 1. The fraction of sp³-hybridized carbons (Fsp3) is 0.688. The first-order valence-electron chi connectivity index (χ1n) is 8.14. The first-order valence-corrected chi connectivity index (χ1v) is 8.14. The van der Waals surface area contributed by atoms with Crippen LogP contribution in [0.1, 0.15) is 55.3 Å². The highest BCUT2D eigenvalue weighted by molar-refractivity contribution is 5.93. The van der Waals surface area contributed by atoms with E-state index < -0.39 is 12.0 Å². The Bertz CT molecular complexity index is 566. The second kappa shape index (κ2) is 7.59. The van der Waals surface area contributed by atoms with Crippen LogP contribution in [-0.4, -0.2) is 57.5 Å². The molecule has 0 bridgehead atoms. The molecule has 0 aromatic carbocycles. The molecular formula is C16H25N3O4. The van der Waals surface area contributed by atoms with Crippen LogP contribution in [0.2, 0.25) is 0 Å². The van der Waals surface area contributed by atoms with E-state index in [0.29, 0.717) is 18.8 Å². The van der Waals surface area contributed by atoms with Crippen molar-refractivity contribution in [2.75, 3.05) is 19.8 Å². The summed E-state index contributed by atoms with van der Waals surface area (Å²) in [5.74, 6) is -1.15. The van der Waals surface area contributed by atoms with Crippen molar-refractivity contribution < 1.29 is 19.4 Å². The summed E-state index contributed by atoms with van der Waals surface area (Å²) in [6, 6.07) is 1.62. The lowest BCUT2D eigenvalue weighted by Gasteiger charge is -2.34. The van der Waals surface area contributed by atoms with Gasteiger partial charge in [-0.3, -0.25) is 14.3 Å². The molecule has 1 aliphatic rings. The molecule has 23 heavy (non-hydrogen) atoms. The minimum absolute atomic E-state index is 0.113. The molecule has 7 nitrogen and oxygen atoms in total. The molecule has 2 heterocycles. The van der Waals surface area contributed by atoms with Crippen LogP contribution in [0.4, 0.5) is 0 Å². The van der Waals surface area contributed by atoms with E-state index in [1.54, 1.807) is 11.0 Å². The summed E-state index contributed by atoms with van der Waals surface area (Å²) in [6.45, 7) is 7.21. The van der Waals surface area contributed by atoms with Crippen molar-refractivity contribution in [3.8, 4) is 0 Å². The first kappa shape index (κ1) is 17.5. The third-order valence-corrected chi connectivity index (χ3v) is 4.33. The standard InChI is InChI=1S/C16H25N3O4/c1-4-12(5-2)19-11(3)8-14(17-19)16(22)18-6-7-23-10-13(18)9-15(20)21/h8,12-13H,4-7,9-10H2,1-3H3,(H,20,21). The molecule has 1 aromatic rings. The van der Waals surface area contributed by atoms with Gasteiger partial charge in [-0.25, -0.2) is 0 Å². The molecule has 1 amide bonds. The second-order valence-corrected chi connectivity index (χ2v) is 5.91. The Hall–Kier alpha value is -1.89. The number of aromatic nitrogens is 2. The molecule has 128 valence electrons. The van der Waals surface area contributed by atoms with Crippen LogP contribution in [0, 0.1) is 6.92 Å². The van der Waals surface area contributed by atoms with Gasteiger partial charge in [0.25, 0.3) is 5.91 Å². The topological polar surface area (TPSA) is 84.7 Å². The van der Waals surface area contributed by atoms with Crippen molar-refractivity contribution in [3.05, 3.63) is 17.5 Å². The van der Waals surface area contributed by atoms with Gasteiger partial charge in [-0.1, -0.05) is 13.8 Å². The number of morpholine rings is 1. The van der Waals surface area contributed by atoms with Gasteiger partial charge in [0.05, 0.1) is 31.7 Å². The van der Waals surface area contributed by atoms with E-state index in [4.69, 9.17) is 9.84 Å². The third-order valence-electron chi connectivity index (χ3n) is 4.33. The Morgan fingerprint density at radius 1 is 1.43 bits per heavy atom. The van der Waals surface area contributed by atoms with E-state index in [9.17, 15) is 9.59 Å². The van der Waals surface area contributed by atoms with Crippen molar-refractivity contribution >= 4 is 11.9 Å². The molecule has 1 aromatic heterocycles. The Balaban J connectivity index is 2.21. The van der Waals surface area contributed by atoms with E-state index in [2.05, 4.69) is 18.9 Å².